The van der Waals surface area contributed by atoms with Gasteiger partial charge in [-0.1, -0.05) is 12.8 Å². The van der Waals surface area contributed by atoms with Crippen molar-refractivity contribution < 1.29 is 17.9 Å². The average Bonchev–Trinajstić information content (AvgIpc) is 2.63. The highest BCUT2D eigenvalue weighted by Crippen LogP contribution is 2.17. The van der Waals surface area contributed by atoms with Crippen molar-refractivity contribution in [2.45, 2.75) is 38.1 Å². The van der Waals surface area contributed by atoms with Crippen molar-refractivity contribution in [3.8, 4) is 0 Å². The van der Waals surface area contributed by atoms with Crippen molar-refractivity contribution in [3.63, 3.8) is 0 Å². The monoisotopic (exact) mass is 367 g/mol. The van der Waals surface area contributed by atoms with E-state index in [4.69, 9.17) is 5.73 Å². The fourth-order valence-corrected chi connectivity index (χ4v) is 1.65. The van der Waals surface area contributed by atoms with Gasteiger partial charge in [0.05, 0.1) is 13.2 Å². The molecule has 0 aromatic rings. The largest absolute Gasteiger partial charge is 0.522 e. The van der Waals surface area contributed by atoms with Gasteiger partial charge in [-0.3, -0.25) is 9.73 Å². The van der Waals surface area contributed by atoms with Crippen molar-refractivity contribution in [1.82, 2.24) is 5.32 Å². The number of nitrogens with two attached hydrogens (primary N) is 1. The first-order chi connectivity index (χ1) is 7.47. The molecule has 8 heteroatoms. The second kappa shape index (κ2) is 7.96. The molecular weight excluding hydrogens is 350 g/mol. The quantitative estimate of drug-likeness (QED) is 0.346. The van der Waals surface area contributed by atoms with Crippen LogP contribution >= 0.6 is 24.0 Å². The van der Waals surface area contributed by atoms with Crippen molar-refractivity contribution in [1.29, 1.82) is 0 Å². The summed E-state index contributed by atoms with van der Waals surface area (Å²) in [5.41, 5.74) is 5.51. The highest BCUT2D eigenvalue weighted by Gasteiger charge is 2.28. The molecule has 0 heterocycles. The predicted molar refractivity (Wildman–Crippen MR) is 69.3 cm³/mol. The Morgan fingerprint density at radius 1 is 1.35 bits per heavy atom. The highest BCUT2D eigenvalue weighted by atomic mass is 127. The fourth-order valence-electron chi connectivity index (χ4n) is 1.65. The molecule has 0 radical (unpaired) electrons. The molecule has 4 nitrogen and oxygen atoms in total. The van der Waals surface area contributed by atoms with Crippen molar-refractivity contribution in [2.75, 3.05) is 13.2 Å². The van der Waals surface area contributed by atoms with Crippen LogP contribution in [0, 0.1) is 0 Å². The third-order valence-corrected chi connectivity index (χ3v) is 2.35. The molecule has 0 bridgehead atoms. The second-order valence-electron chi connectivity index (χ2n) is 3.69. The molecule has 102 valence electrons. The Kier molecular flexibility index (Phi) is 7.84. The van der Waals surface area contributed by atoms with Gasteiger partial charge in [0.25, 0.3) is 0 Å². The third-order valence-electron chi connectivity index (χ3n) is 2.35. The molecular formula is C9H17F3IN3O. The van der Waals surface area contributed by atoms with E-state index in [-0.39, 0.29) is 36.5 Å². The molecule has 0 saturated heterocycles. The van der Waals surface area contributed by atoms with Gasteiger partial charge >= 0.3 is 6.36 Å². The van der Waals surface area contributed by atoms with E-state index in [1.165, 1.54) is 0 Å². The van der Waals surface area contributed by atoms with Crippen molar-refractivity contribution >= 4 is 29.9 Å². The van der Waals surface area contributed by atoms with Crippen LogP contribution in [-0.4, -0.2) is 31.5 Å². The molecule has 0 aliphatic heterocycles. The zero-order valence-corrected chi connectivity index (χ0v) is 11.6. The molecule has 0 aromatic carbocycles. The summed E-state index contributed by atoms with van der Waals surface area (Å²) in [5, 5.41) is 2.97. The third kappa shape index (κ3) is 8.47. The van der Waals surface area contributed by atoms with E-state index in [1.807, 2.05) is 0 Å². The molecule has 3 N–H and O–H groups in total. The van der Waals surface area contributed by atoms with E-state index in [0.717, 1.165) is 25.7 Å². The lowest BCUT2D eigenvalue weighted by Crippen LogP contribution is -2.38. The number of halogens is 4. The summed E-state index contributed by atoms with van der Waals surface area (Å²) < 4.78 is 38.3. The van der Waals surface area contributed by atoms with Gasteiger partial charge in [0, 0.05) is 6.04 Å². The van der Waals surface area contributed by atoms with E-state index in [2.05, 4.69) is 15.0 Å². The fraction of sp³-hybridized carbons (Fsp3) is 0.889. The standard InChI is InChI=1S/C9H16F3N3O.HI/c10-9(11,12)16-6-5-14-8(13)15-7-3-1-2-4-7;/h7H,1-6H2,(H3,13,14,15);1H. The lowest BCUT2D eigenvalue weighted by atomic mass is 10.2. The molecule has 1 fully saturated rings. The second-order valence-corrected chi connectivity index (χ2v) is 3.69. The van der Waals surface area contributed by atoms with Crippen LogP contribution in [0.2, 0.25) is 0 Å². The first-order valence-corrected chi connectivity index (χ1v) is 5.24. The van der Waals surface area contributed by atoms with E-state index in [9.17, 15) is 13.2 Å². The highest BCUT2D eigenvalue weighted by molar-refractivity contribution is 14.0. The summed E-state index contributed by atoms with van der Waals surface area (Å²) in [4.78, 5) is 3.75. The van der Waals surface area contributed by atoms with E-state index >= 15 is 0 Å². The smallest absolute Gasteiger partial charge is 0.370 e. The van der Waals surface area contributed by atoms with Crippen LogP contribution in [0.25, 0.3) is 0 Å². The van der Waals surface area contributed by atoms with Crippen molar-refractivity contribution in [3.05, 3.63) is 0 Å². The number of guanidine groups is 1. The van der Waals surface area contributed by atoms with E-state index < -0.39 is 13.0 Å². The van der Waals surface area contributed by atoms with Crippen LogP contribution in [0.4, 0.5) is 13.2 Å². The SMILES string of the molecule is I.NC(=NCCOC(F)(F)F)NC1CCCC1. The Morgan fingerprint density at radius 3 is 2.47 bits per heavy atom. The van der Waals surface area contributed by atoms with Gasteiger partial charge in [-0.05, 0) is 12.8 Å². The molecule has 0 amide bonds. The van der Waals surface area contributed by atoms with Gasteiger partial charge in [0.2, 0.25) is 0 Å². The molecule has 0 spiro atoms. The number of hydrogen-bond acceptors (Lipinski definition) is 2. The lowest BCUT2D eigenvalue weighted by molar-refractivity contribution is -0.323. The number of alkyl halides is 3. The van der Waals surface area contributed by atoms with Crippen LogP contribution in [0.5, 0.6) is 0 Å². The van der Waals surface area contributed by atoms with Gasteiger partial charge in [-0.25, -0.2) is 0 Å². The Morgan fingerprint density at radius 2 is 1.94 bits per heavy atom. The molecule has 0 aromatic heterocycles. The molecule has 1 aliphatic rings. The zero-order valence-electron chi connectivity index (χ0n) is 9.29. The molecule has 0 atom stereocenters. The molecule has 1 rings (SSSR count). The van der Waals surface area contributed by atoms with Crippen molar-refractivity contribution in [2.24, 2.45) is 10.7 Å². The Hall–Kier alpha value is -0.250. The summed E-state index contributed by atoms with van der Waals surface area (Å²) in [6, 6.07) is 0.312. The number of nitrogens with one attached hydrogen (secondary N) is 1. The maximum atomic E-state index is 11.6. The zero-order chi connectivity index (χ0) is 12.0. The first-order valence-electron chi connectivity index (χ1n) is 5.24. The average molecular weight is 367 g/mol. The van der Waals surface area contributed by atoms with E-state index in [1.54, 1.807) is 0 Å². The number of hydrogen-bond donors (Lipinski definition) is 2. The van der Waals surface area contributed by atoms with Crippen LogP contribution in [0.1, 0.15) is 25.7 Å². The normalized spacial score (nSPS) is 17.9. The van der Waals surface area contributed by atoms with Crippen LogP contribution in [0.15, 0.2) is 4.99 Å². The van der Waals surface area contributed by atoms with Crippen LogP contribution in [-0.2, 0) is 4.74 Å². The molecule has 0 unspecified atom stereocenters. The Bertz CT molecular complexity index is 242. The number of rotatable bonds is 4. The summed E-state index contributed by atoms with van der Waals surface area (Å²) in [7, 11) is 0. The van der Waals surface area contributed by atoms with Crippen LogP contribution < -0.4 is 11.1 Å². The summed E-state index contributed by atoms with van der Waals surface area (Å²) in [6.45, 7) is -0.596. The summed E-state index contributed by atoms with van der Waals surface area (Å²) >= 11 is 0. The maximum Gasteiger partial charge on any atom is 0.522 e. The summed E-state index contributed by atoms with van der Waals surface area (Å²) in [6.07, 6.45) is -0.210. The number of nitrogens with zero attached hydrogens (tertiary/aromatic N) is 1. The lowest BCUT2D eigenvalue weighted by Gasteiger charge is -2.12. The van der Waals surface area contributed by atoms with Gasteiger partial charge in [0.1, 0.15) is 0 Å². The van der Waals surface area contributed by atoms with Gasteiger partial charge < -0.3 is 11.1 Å². The van der Waals surface area contributed by atoms with Gasteiger partial charge in [-0.15, -0.1) is 37.1 Å². The number of aliphatic imine (C=N–C) groups is 1. The molecule has 1 saturated carbocycles. The number of ether oxygens (including phenoxy) is 1. The first kappa shape index (κ1) is 16.8. The maximum absolute atomic E-state index is 11.6. The van der Waals surface area contributed by atoms with Gasteiger partial charge in [-0.2, -0.15) is 0 Å². The minimum atomic E-state index is -4.59. The minimum absolute atomic E-state index is 0. The van der Waals surface area contributed by atoms with E-state index in [0.29, 0.717) is 6.04 Å². The topological polar surface area (TPSA) is 59.6 Å². The molecule has 17 heavy (non-hydrogen) atoms. The molecule has 1 aliphatic carbocycles. The summed E-state index contributed by atoms with van der Waals surface area (Å²) in [5.74, 6) is 0.192. The Balaban J connectivity index is 0.00000256. The van der Waals surface area contributed by atoms with Crippen LogP contribution in [0.3, 0.4) is 0 Å². The Labute approximate surface area is 115 Å². The van der Waals surface area contributed by atoms with Gasteiger partial charge in [0.15, 0.2) is 5.96 Å². The predicted octanol–water partition coefficient (Wildman–Crippen LogP) is 1.99. The minimum Gasteiger partial charge on any atom is -0.370 e.